The molecule has 0 aromatic rings. The van der Waals surface area contributed by atoms with Crippen molar-refractivity contribution in [3.8, 4) is 0 Å². The summed E-state index contributed by atoms with van der Waals surface area (Å²) in [4.78, 5) is 22.7. The highest BCUT2D eigenvalue weighted by Crippen LogP contribution is 2.27. The summed E-state index contributed by atoms with van der Waals surface area (Å²) in [5.41, 5.74) is 0. The molecule has 0 bridgehead atoms. The number of allylic oxidation sites excluding steroid dienone is 5. The van der Waals surface area contributed by atoms with Gasteiger partial charge >= 0.3 is 5.97 Å². The molecular weight excluding hydrogens is 328 g/mol. The third-order valence-corrected chi connectivity index (χ3v) is 4.60. The zero-order valence-electron chi connectivity index (χ0n) is 16.2. The van der Waals surface area contributed by atoms with Crippen LogP contribution >= 0.6 is 0 Å². The second-order valence-corrected chi connectivity index (χ2v) is 6.94. The average Bonchev–Trinajstić information content (AvgIpc) is 2.95. The molecule has 1 N–H and O–H groups in total. The molecule has 0 saturated heterocycles. The van der Waals surface area contributed by atoms with E-state index in [2.05, 4.69) is 19.1 Å². The Labute approximate surface area is 158 Å². The number of carbonyl (C=O) groups is 2. The van der Waals surface area contributed by atoms with Crippen LogP contribution in [-0.2, 0) is 14.3 Å². The zero-order valence-corrected chi connectivity index (χ0v) is 16.2. The normalized spacial score (nSPS) is 21.1. The third kappa shape index (κ3) is 9.71. The Morgan fingerprint density at radius 2 is 2.08 bits per heavy atom. The minimum atomic E-state index is -0.418. The molecule has 3 atom stereocenters. The van der Waals surface area contributed by atoms with Gasteiger partial charge in [-0.1, -0.05) is 56.6 Å². The molecule has 0 heterocycles. The number of esters is 1. The van der Waals surface area contributed by atoms with Gasteiger partial charge in [0, 0.05) is 18.8 Å². The molecule has 0 spiro atoms. The van der Waals surface area contributed by atoms with E-state index in [1.54, 1.807) is 6.08 Å². The molecular formula is C22H34O4. The van der Waals surface area contributed by atoms with Crippen molar-refractivity contribution in [2.24, 2.45) is 11.8 Å². The van der Waals surface area contributed by atoms with Crippen LogP contribution in [0.1, 0.15) is 65.2 Å². The first-order chi connectivity index (χ1) is 12.5. The molecule has 1 aliphatic rings. The van der Waals surface area contributed by atoms with Gasteiger partial charge in [-0.25, -0.2) is 0 Å². The van der Waals surface area contributed by atoms with Gasteiger partial charge in [-0.3, -0.25) is 9.59 Å². The SMILES string of the molecule is CCCCC[C@H](O)/C=C/[C@H]1C=CC(=O)[C@@H]1C/C=C\CCCCOC(C)=O. The summed E-state index contributed by atoms with van der Waals surface area (Å²) < 4.78 is 4.89. The molecule has 0 radical (unpaired) electrons. The van der Waals surface area contributed by atoms with Gasteiger partial charge in [-0.05, 0) is 38.2 Å². The lowest BCUT2D eigenvalue weighted by atomic mass is 9.90. The van der Waals surface area contributed by atoms with Gasteiger partial charge < -0.3 is 9.84 Å². The Morgan fingerprint density at radius 3 is 2.81 bits per heavy atom. The molecule has 0 saturated carbocycles. The molecule has 0 aliphatic heterocycles. The molecule has 0 unspecified atom stereocenters. The van der Waals surface area contributed by atoms with Crippen molar-refractivity contribution in [2.45, 2.75) is 71.3 Å². The molecule has 146 valence electrons. The summed E-state index contributed by atoms with van der Waals surface area (Å²) in [6, 6.07) is 0. The van der Waals surface area contributed by atoms with Crippen LogP contribution in [0, 0.1) is 11.8 Å². The lowest BCUT2D eigenvalue weighted by Crippen LogP contribution is -2.14. The Kier molecular flexibility index (Phi) is 11.6. The standard InChI is InChI=1S/C22H34O4/c1-3-4-8-11-20(24)15-13-19-14-16-22(25)21(19)12-9-6-5-7-10-17-26-18(2)23/h6,9,13-16,19-21,24H,3-5,7-8,10-12,17H2,1-2H3/b9-6-,15-13+/t19-,20-,21+/m0/s1. The van der Waals surface area contributed by atoms with Crippen molar-refractivity contribution in [2.75, 3.05) is 6.61 Å². The summed E-state index contributed by atoms with van der Waals surface area (Å²) in [7, 11) is 0. The molecule has 1 rings (SSSR count). The van der Waals surface area contributed by atoms with Gasteiger partial charge in [0.25, 0.3) is 0 Å². The first-order valence-electron chi connectivity index (χ1n) is 9.91. The number of rotatable bonds is 13. The summed E-state index contributed by atoms with van der Waals surface area (Å²) in [6.45, 7) is 4.04. The lowest BCUT2D eigenvalue weighted by Gasteiger charge is -2.13. The van der Waals surface area contributed by atoms with Gasteiger partial charge in [0.05, 0.1) is 12.7 Å². The number of aliphatic hydroxyl groups excluding tert-OH is 1. The van der Waals surface area contributed by atoms with Crippen LogP contribution in [0.2, 0.25) is 0 Å². The van der Waals surface area contributed by atoms with E-state index < -0.39 is 6.10 Å². The highest BCUT2D eigenvalue weighted by molar-refractivity contribution is 5.95. The highest BCUT2D eigenvalue weighted by atomic mass is 16.5. The first kappa shape index (κ1) is 22.4. The molecule has 1 aliphatic carbocycles. The molecule has 0 fully saturated rings. The Balaban J connectivity index is 2.29. The number of aliphatic hydroxyl groups is 1. The fourth-order valence-electron chi connectivity index (χ4n) is 3.02. The Morgan fingerprint density at radius 1 is 1.27 bits per heavy atom. The monoisotopic (exact) mass is 362 g/mol. The molecule has 26 heavy (non-hydrogen) atoms. The molecule has 0 aromatic carbocycles. The lowest BCUT2D eigenvalue weighted by molar-refractivity contribution is -0.141. The Hall–Kier alpha value is -1.68. The smallest absolute Gasteiger partial charge is 0.302 e. The summed E-state index contributed by atoms with van der Waals surface area (Å²) in [6.07, 6.45) is 18.7. The maximum atomic E-state index is 12.0. The van der Waals surface area contributed by atoms with E-state index in [4.69, 9.17) is 4.74 Å². The molecule has 0 amide bonds. The van der Waals surface area contributed by atoms with Crippen molar-refractivity contribution in [3.63, 3.8) is 0 Å². The summed E-state index contributed by atoms with van der Waals surface area (Å²) >= 11 is 0. The maximum Gasteiger partial charge on any atom is 0.302 e. The van der Waals surface area contributed by atoms with E-state index in [1.165, 1.54) is 6.92 Å². The molecule has 0 aromatic heterocycles. The van der Waals surface area contributed by atoms with E-state index in [9.17, 15) is 14.7 Å². The summed E-state index contributed by atoms with van der Waals surface area (Å²) in [5.74, 6) is -0.0367. The largest absolute Gasteiger partial charge is 0.466 e. The van der Waals surface area contributed by atoms with E-state index >= 15 is 0 Å². The number of carbonyl (C=O) groups excluding carboxylic acids is 2. The van der Waals surface area contributed by atoms with Crippen molar-refractivity contribution in [3.05, 3.63) is 36.5 Å². The molecule has 4 nitrogen and oxygen atoms in total. The minimum absolute atomic E-state index is 0.0496. The van der Waals surface area contributed by atoms with Crippen LogP contribution in [0.15, 0.2) is 36.5 Å². The highest BCUT2D eigenvalue weighted by Gasteiger charge is 2.27. The number of hydrogen-bond donors (Lipinski definition) is 1. The predicted octanol–water partition coefficient (Wildman–Crippen LogP) is 4.53. The third-order valence-electron chi connectivity index (χ3n) is 4.60. The van der Waals surface area contributed by atoms with Crippen LogP contribution in [0.25, 0.3) is 0 Å². The second kappa shape index (κ2) is 13.5. The average molecular weight is 363 g/mol. The van der Waals surface area contributed by atoms with Crippen molar-refractivity contribution in [1.29, 1.82) is 0 Å². The fourth-order valence-corrected chi connectivity index (χ4v) is 3.02. The van der Waals surface area contributed by atoms with Crippen molar-refractivity contribution in [1.82, 2.24) is 0 Å². The van der Waals surface area contributed by atoms with Crippen LogP contribution < -0.4 is 0 Å². The number of hydrogen-bond acceptors (Lipinski definition) is 4. The molecule has 4 heteroatoms. The topological polar surface area (TPSA) is 63.6 Å². The van der Waals surface area contributed by atoms with E-state index in [0.29, 0.717) is 6.61 Å². The van der Waals surface area contributed by atoms with Gasteiger partial charge in [-0.15, -0.1) is 0 Å². The van der Waals surface area contributed by atoms with Crippen molar-refractivity contribution >= 4 is 11.8 Å². The van der Waals surface area contributed by atoms with Gasteiger partial charge in [-0.2, -0.15) is 0 Å². The van der Waals surface area contributed by atoms with Crippen LogP contribution in [0.3, 0.4) is 0 Å². The fraction of sp³-hybridized carbons (Fsp3) is 0.636. The second-order valence-electron chi connectivity index (χ2n) is 6.94. The number of unbranched alkanes of at least 4 members (excludes halogenated alkanes) is 4. The van der Waals surface area contributed by atoms with E-state index in [0.717, 1.165) is 51.4 Å². The van der Waals surface area contributed by atoms with Crippen LogP contribution in [0.4, 0.5) is 0 Å². The van der Waals surface area contributed by atoms with Crippen LogP contribution in [0.5, 0.6) is 0 Å². The van der Waals surface area contributed by atoms with Crippen molar-refractivity contribution < 1.29 is 19.4 Å². The minimum Gasteiger partial charge on any atom is -0.466 e. The van der Waals surface area contributed by atoms with Gasteiger partial charge in [0.2, 0.25) is 0 Å². The van der Waals surface area contributed by atoms with Gasteiger partial charge in [0.1, 0.15) is 0 Å². The quantitative estimate of drug-likeness (QED) is 0.297. The van der Waals surface area contributed by atoms with E-state index in [1.807, 2.05) is 18.2 Å². The predicted molar refractivity (Wildman–Crippen MR) is 105 cm³/mol. The zero-order chi connectivity index (χ0) is 19.2. The van der Waals surface area contributed by atoms with Gasteiger partial charge in [0.15, 0.2) is 5.78 Å². The summed E-state index contributed by atoms with van der Waals surface area (Å²) in [5, 5.41) is 10.00. The number of ketones is 1. The van der Waals surface area contributed by atoms with Crippen LogP contribution in [-0.4, -0.2) is 29.6 Å². The first-order valence-corrected chi connectivity index (χ1v) is 9.91. The van der Waals surface area contributed by atoms with E-state index in [-0.39, 0.29) is 23.6 Å². The number of ether oxygens (including phenoxy) is 1. The Bertz CT molecular complexity index is 504. The maximum absolute atomic E-state index is 12.0.